The van der Waals surface area contributed by atoms with E-state index < -0.39 is 9.84 Å². The fourth-order valence-corrected chi connectivity index (χ4v) is 5.71. The minimum absolute atomic E-state index is 0.194. The van der Waals surface area contributed by atoms with Crippen LogP contribution in [0, 0.1) is 0 Å². The molecule has 0 saturated carbocycles. The summed E-state index contributed by atoms with van der Waals surface area (Å²) in [5.41, 5.74) is 0. The van der Waals surface area contributed by atoms with E-state index in [1.54, 1.807) is 0 Å². The summed E-state index contributed by atoms with van der Waals surface area (Å²) < 4.78 is 29.5. The molecule has 2 heterocycles. The Morgan fingerprint density at radius 2 is 2.05 bits per heavy atom. The van der Waals surface area contributed by atoms with Gasteiger partial charge in [0.2, 0.25) is 0 Å². The van der Waals surface area contributed by atoms with E-state index in [4.69, 9.17) is 4.74 Å². The van der Waals surface area contributed by atoms with Gasteiger partial charge in [0.1, 0.15) is 0 Å². The van der Waals surface area contributed by atoms with Crippen LogP contribution in [0.5, 0.6) is 0 Å². The third-order valence-electron chi connectivity index (χ3n) is 4.10. The highest BCUT2D eigenvalue weighted by molar-refractivity contribution is 8.00. The van der Waals surface area contributed by atoms with Gasteiger partial charge in [0.15, 0.2) is 9.84 Å². The second kappa shape index (κ2) is 7.20. The monoisotopic (exact) mass is 335 g/mol. The van der Waals surface area contributed by atoms with E-state index in [1.807, 2.05) is 11.8 Å². The van der Waals surface area contributed by atoms with Crippen molar-refractivity contribution >= 4 is 21.6 Å². The lowest BCUT2D eigenvalue weighted by molar-refractivity contribution is 0.0635. The summed E-state index contributed by atoms with van der Waals surface area (Å²) in [5.74, 6) is 1.73. The van der Waals surface area contributed by atoms with Crippen LogP contribution in [-0.2, 0) is 14.6 Å². The van der Waals surface area contributed by atoms with Gasteiger partial charge >= 0.3 is 0 Å². The first-order valence-electron chi connectivity index (χ1n) is 7.95. The van der Waals surface area contributed by atoms with Gasteiger partial charge in [-0.3, -0.25) is 4.90 Å². The third kappa shape index (κ3) is 6.08. The van der Waals surface area contributed by atoms with Crippen LogP contribution in [0.15, 0.2) is 0 Å². The zero-order chi connectivity index (χ0) is 15.5. The minimum Gasteiger partial charge on any atom is -0.377 e. The van der Waals surface area contributed by atoms with E-state index in [2.05, 4.69) is 25.7 Å². The number of rotatable bonds is 6. The first-order valence-corrected chi connectivity index (χ1v) is 10.8. The molecule has 4 nitrogen and oxygen atoms in total. The summed E-state index contributed by atoms with van der Waals surface area (Å²) in [7, 11) is -2.82. The quantitative estimate of drug-likeness (QED) is 0.744. The van der Waals surface area contributed by atoms with Crippen LogP contribution >= 0.6 is 11.8 Å². The van der Waals surface area contributed by atoms with Gasteiger partial charge in [-0.05, 0) is 19.3 Å². The molecule has 0 amide bonds. The predicted molar refractivity (Wildman–Crippen MR) is 89.8 cm³/mol. The molecule has 0 unspecified atom stereocenters. The molecule has 21 heavy (non-hydrogen) atoms. The molecule has 2 saturated heterocycles. The Kier molecular flexibility index (Phi) is 6.02. The maximum Gasteiger partial charge on any atom is 0.151 e. The van der Waals surface area contributed by atoms with Gasteiger partial charge in [-0.25, -0.2) is 8.42 Å². The van der Waals surface area contributed by atoms with Crippen LogP contribution in [0.2, 0.25) is 0 Å². The Morgan fingerprint density at radius 3 is 2.57 bits per heavy atom. The summed E-state index contributed by atoms with van der Waals surface area (Å²) in [6, 6.07) is 0.194. The van der Waals surface area contributed by atoms with E-state index in [0.29, 0.717) is 17.6 Å². The molecule has 2 rings (SSSR count). The van der Waals surface area contributed by atoms with Crippen LogP contribution in [0.4, 0.5) is 0 Å². The number of hydrogen-bond acceptors (Lipinski definition) is 5. The van der Waals surface area contributed by atoms with Crippen molar-refractivity contribution in [1.82, 2.24) is 4.90 Å². The van der Waals surface area contributed by atoms with Gasteiger partial charge in [0.25, 0.3) is 0 Å². The van der Waals surface area contributed by atoms with Crippen LogP contribution in [0.25, 0.3) is 0 Å². The molecule has 2 aliphatic rings. The highest BCUT2D eigenvalue weighted by Gasteiger charge is 2.33. The fraction of sp³-hybridized carbons (Fsp3) is 1.00. The molecule has 2 aliphatic heterocycles. The molecule has 0 radical (unpaired) electrons. The maximum atomic E-state index is 11.8. The van der Waals surface area contributed by atoms with Crippen molar-refractivity contribution in [3.05, 3.63) is 0 Å². The van der Waals surface area contributed by atoms with Crippen molar-refractivity contribution in [3.63, 3.8) is 0 Å². The highest BCUT2D eigenvalue weighted by atomic mass is 32.2. The highest BCUT2D eigenvalue weighted by Crippen LogP contribution is 2.25. The molecule has 0 aromatic heterocycles. The zero-order valence-corrected chi connectivity index (χ0v) is 15.1. The second-order valence-corrected chi connectivity index (χ2v) is 11.3. The first-order chi connectivity index (χ1) is 9.75. The normalized spacial score (nSPS) is 29.3. The number of sulfone groups is 1. The van der Waals surface area contributed by atoms with Gasteiger partial charge < -0.3 is 4.74 Å². The van der Waals surface area contributed by atoms with Crippen LogP contribution in [0.1, 0.15) is 40.0 Å². The second-order valence-electron chi connectivity index (χ2n) is 7.15. The predicted octanol–water partition coefficient (Wildman–Crippen LogP) is 2.19. The molecule has 0 aromatic rings. The fourth-order valence-electron chi connectivity index (χ4n) is 3.01. The van der Waals surface area contributed by atoms with Crippen molar-refractivity contribution < 1.29 is 13.2 Å². The van der Waals surface area contributed by atoms with E-state index in [1.165, 1.54) is 0 Å². The largest absolute Gasteiger partial charge is 0.377 e. The van der Waals surface area contributed by atoms with Gasteiger partial charge in [0.05, 0.1) is 17.6 Å². The van der Waals surface area contributed by atoms with E-state index in [0.717, 1.165) is 44.7 Å². The molecule has 6 heteroatoms. The molecule has 0 bridgehead atoms. The smallest absolute Gasteiger partial charge is 0.151 e. The lowest BCUT2D eigenvalue weighted by Crippen LogP contribution is -2.42. The molecule has 0 N–H and O–H groups in total. The Balaban J connectivity index is 1.90. The van der Waals surface area contributed by atoms with Gasteiger partial charge in [-0.2, -0.15) is 11.8 Å². The topological polar surface area (TPSA) is 46.6 Å². The summed E-state index contributed by atoms with van der Waals surface area (Å²) in [5, 5.41) is 0. The van der Waals surface area contributed by atoms with Crippen LogP contribution < -0.4 is 0 Å². The lowest BCUT2D eigenvalue weighted by Gasteiger charge is -2.31. The standard InChI is InChI=1S/C15H29NO3S2/c1-15(2,3)20-9-7-16(11-14-5-4-8-19-14)13-6-10-21(17,18)12-13/h13-14H,4-12H2,1-3H3/t13-,14+/m0/s1. The average molecular weight is 336 g/mol. The molecule has 0 spiro atoms. The summed E-state index contributed by atoms with van der Waals surface area (Å²) in [6.45, 7) is 9.39. The Bertz CT molecular complexity index is 425. The van der Waals surface area contributed by atoms with Crippen molar-refractivity contribution in [1.29, 1.82) is 0 Å². The van der Waals surface area contributed by atoms with Crippen molar-refractivity contribution in [2.75, 3.05) is 37.0 Å². The molecule has 124 valence electrons. The molecular weight excluding hydrogens is 306 g/mol. The molecule has 2 atom stereocenters. The van der Waals surface area contributed by atoms with Crippen LogP contribution in [0.3, 0.4) is 0 Å². The maximum absolute atomic E-state index is 11.8. The number of nitrogens with zero attached hydrogens (tertiary/aromatic N) is 1. The number of thioether (sulfide) groups is 1. The molecule has 2 fully saturated rings. The Morgan fingerprint density at radius 1 is 1.29 bits per heavy atom. The van der Waals surface area contributed by atoms with Crippen molar-refractivity contribution in [2.24, 2.45) is 0 Å². The SMILES string of the molecule is CC(C)(C)SCCN(C[C@H]1CCCO1)[C@H]1CCS(=O)(=O)C1. The molecule has 0 aromatic carbocycles. The van der Waals surface area contributed by atoms with Gasteiger partial charge in [-0.15, -0.1) is 0 Å². The average Bonchev–Trinajstić information content (AvgIpc) is 2.95. The first kappa shape index (κ1) is 17.6. The molecular formula is C15H29NO3S2. The van der Waals surface area contributed by atoms with Crippen molar-refractivity contribution in [3.8, 4) is 0 Å². The van der Waals surface area contributed by atoms with Crippen molar-refractivity contribution in [2.45, 2.75) is 56.9 Å². The Labute approximate surface area is 133 Å². The summed E-state index contributed by atoms with van der Waals surface area (Å²) in [6.07, 6.45) is 3.34. The number of hydrogen-bond donors (Lipinski definition) is 0. The van der Waals surface area contributed by atoms with E-state index in [-0.39, 0.29) is 10.8 Å². The van der Waals surface area contributed by atoms with Crippen LogP contribution in [-0.4, -0.2) is 67.2 Å². The zero-order valence-electron chi connectivity index (χ0n) is 13.5. The number of ether oxygens (including phenoxy) is 1. The van der Waals surface area contributed by atoms with E-state index in [9.17, 15) is 8.42 Å². The lowest BCUT2D eigenvalue weighted by atomic mass is 10.1. The van der Waals surface area contributed by atoms with Gasteiger partial charge in [-0.1, -0.05) is 20.8 Å². The van der Waals surface area contributed by atoms with E-state index >= 15 is 0 Å². The summed E-state index contributed by atoms with van der Waals surface area (Å²) in [4.78, 5) is 2.37. The minimum atomic E-state index is -2.82. The van der Waals surface area contributed by atoms with Gasteiger partial charge in [0, 0.05) is 36.2 Å². The third-order valence-corrected chi connectivity index (χ3v) is 7.10. The Hall–Kier alpha value is 0.220. The molecule has 0 aliphatic carbocycles. The summed E-state index contributed by atoms with van der Waals surface area (Å²) >= 11 is 1.95.